The molecule has 3 atom stereocenters. The zero-order chi connectivity index (χ0) is 11.5. The van der Waals surface area contributed by atoms with Crippen molar-refractivity contribution in [3.05, 3.63) is 0 Å². The molecular weight excluding hydrogens is 244 g/mol. The highest BCUT2D eigenvalue weighted by Crippen LogP contribution is 2.13. The second-order valence-electron chi connectivity index (χ2n) is 4.56. The average molecular weight is 265 g/mol. The molecule has 0 aromatic heterocycles. The molecule has 0 aromatic rings. The molecule has 5 nitrogen and oxygen atoms in total. The van der Waals surface area contributed by atoms with Crippen molar-refractivity contribution < 1.29 is 14.3 Å². The van der Waals surface area contributed by atoms with Gasteiger partial charge in [0.2, 0.25) is 0 Å². The second kappa shape index (κ2) is 6.54. The van der Waals surface area contributed by atoms with Gasteiger partial charge in [-0.25, -0.2) is 0 Å². The van der Waals surface area contributed by atoms with E-state index in [0.717, 1.165) is 6.54 Å². The first-order valence-electron chi connectivity index (χ1n) is 5.93. The Morgan fingerprint density at radius 3 is 2.47 bits per heavy atom. The molecule has 1 amide bonds. The number of hydrogen-bond acceptors (Lipinski definition) is 4. The summed E-state index contributed by atoms with van der Waals surface area (Å²) in [6, 6.07) is 0. The maximum absolute atomic E-state index is 12.1. The normalized spacial score (nSPS) is 34.0. The maximum atomic E-state index is 12.1. The van der Waals surface area contributed by atoms with Crippen molar-refractivity contribution in [2.24, 2.45) is 0 Å². The molecule has 2 aliphatic heterocycles. The van der Waals surface area contributed by atoms with Gasteiger partial charge in [0.25, 0.3) is 5.91 Å². The Kier molecular flexibility index (Phi) is 5.66. The van der Waals surface area contributed by atoms with Gasteiger partial charge in [0.05, 0.1) is 18.8 Å². The summed E-state index contributed by atoms with van der Waals surface area (Å²) in [5.41, 5.74) is 0. The van der Waals surface area contributed by atoms with E-state index in [1.54, 1.807) is 0 Å². The zero-order valence-corrected chi connectivity index (χ0v) is 11.2. The second-order valence-corrected chi connectivity index (χ2v) is 4.56. The van der Waals surface area contributed by atoms with Gasteiger partial charge < -0.3 is 19.7 Å². The predicted octanol–water partition coefficient (Wildman–Crippen LogP) is 0.0324. The minimum atomic E-state index is -0.314. The van der Waals surface area contributed by atoms with E-state index in [0.29, 0.717) is 26.2 Å². The molecular formula is C11H21ClN2O3. The number of nitrogens with one attached hydrogen (secondary N) is 1. The van der Waals surface area contributed by atoms with E-state index >= 15 is 0 Å². The lowest BCUT2D eigenvalue weighted by Gasteiger charge is -2.37. The molecule has 0 spiro atoms. The Bertz CT molecular complexity index is 249. The number of rotatable bonds is 1. The first-order chi connectivity index (χ1) is 7.66. The molecule has 100 valence electrons. The van der Waals surface area contributed by atoms with Gasteiger partial charge in [-0.3, -0.25) is 4.79 Å². The van der Waals surface area contributed by atoms with Gasteiger partial charge in [0.1, 0.15) is 6.10 Å². The molecule has 2 saturated heterocycles. The lowest BCUT2D eigenvalue weighted by atomic mass is 10.2. The van der Waals surface area contributed by atoms with Crippen LogP contribution in [0.4, 0.5) is 0 Å². The molecule has 2 rings (SSSR count). The van der Waals surface area contributed by atoms with Crippen LogP contribution >= 0.6 is 12.4 Å². The van der Waals surface area contributed by atoms with Gasteiger partial charge in [-0.1, -0.05) is 0 Å². The Hall–Kier alpha value is -0.360. The van der Waals surface area contributed by atoms with Gasteiger partial charge in [-0.2, -0.15) is 0 Å². The zero-order valence-electron chi connectivity index (χ0n) is 10.3. The summed E-state index contributed by atoms with van der Waals surface area (Å²) in [6.45, 7) is 7.41. The van der Waals surface area contributed by atoms with Crippen molar-refractivity contribution in [2.75, 3.05) is 32.8 Å². The molecule has 2 fully saturated rings. The van der Waals surface area contributed by atoms with E-state index in [1.807, 2.05) is 18.7 Å². The summed E-state index contributed by atoms with van der Waals surface area (Å²) >= 11 is 0. The van der Waals surface area contributed by atoms with Crippen LogP contribution in [0.1, 0.15) is 13.8 Å². The fraction of sp³-hybridized carbons (Fsp3) is 0.909. The molecule has 0 saturated carbocycles. The van der Waals surface area contributed by atoms with Crippen LogP contribution in [0.15, 0.2) is 0 Å². The lowest BCUT2D eigenvalue weighted by molar-refractivity contribution is -0.156. The highest BCUT2D eigenvalue weighted by molar-refractivity contribution is 5.85. The van der Waals surface area contributed by atoms with Gasteiger partial charge in [-0.15, -0.1) is 12.4 Å². The van der Waals surface area contributed by atoms with Crippen LogP contribution in [0, 0.1) is 0 Å². The predicted molar refractivity (Wildman–Crippen MR) is 66.4 cm³/mol. The van der Waals surface area contributed by atoms with Gasteiger partial charge in [-0.05, 0) is 13.8 Å². The first-order valence-corrected chi connectivity index (χ1v) is 5.93. The largest absolute Gasteiger partial charge is 0.372 e. The number of ether oxygens (including phenoxy) is 2. The fourth-order valence-electron chi connectivity index (χ4n) is 2.29. The van der Waals surface area contributed by atoms with E-state index in [4.69, 9.17) is 9.47 Å². The summed E-state index contributed by atoms with van der Waals surface area (Å²) < 4.78 is 11.1. The molecule has 0 bridgehead atoms. The minimum absolute atomic E-state index is 0. The monoisotopic (exact) mass is 264 g/mol. The number of morpholine rings is 2. The van der Waals surface area contributed by atoms with Crippen molar-refractivity contribution >= 4 is 18.3 Å². The third-order valence-electron chi connectivity index (χ3n) is 2.93. The third-order valence-corrected chi connectivity index (χ3v) is 2.93. The molecule has 0 aromatic carbocycles. The minimum Gasteiger partial charge on any atom is -0.372 e. The van der Waals surface area contributed by atoms with Crippen LogP contribution in [0.2, 0.25) is 0 Å². The Balaban J connectivity index is 0.00000144. The van der Waals surface area contributed by atoms with Crippen LogP contribution in [-0.4, -0.2) is 61.9 Å². The smallest absolute Gasteiger partial charge is 0.253 e. The van der Waals surface area contributed by atoms with E-state index in [2.05, 4.69) is 5.32 Å². The summed E-state index contributed by atoms with van der Waals surface area (Å²) in [4.78, 5) is 14.0. The van der Waals surface area contributed by atoms with Crippen molar-refractivity contribution in [3.8, 4) is 0 Å². The van der Waals surface area contributed by atoms with E-state index in [-0.39, 0.29) is 36.6 Å². The Morgan fingerprint density at radius 1 is 1.29 bits per heavy atom. The first kappa shape index (κ1) is 14.7. The van der Waals surface area contributed by atoms with Crippen molar-refractivity contribution in [1.29, 1.82) is 0 Å². The van der Waals surface area contributed by atoms with E-state index in [9.17, 15) is 4.79 Å². The molecule has 1 N–H and O–H groups in total. The van der Waals surface area contributed by atoms with Crippen LogP contribution in [0.3, 0.4) is 0 Å². The van der Waals surface area contributed by atoms with Crippen LogP contribution < -0.4 is 5.32 Å². The van der Waals surface area contributed by atoms with Crippen LogP contribution in [-0.2, 0) is 14.3 Å². The quantitative estimate of drug-likeness (QED) is 0.726. The molecule has 2 aliphatic rings. The average Bonchev–Trinajstić information content (AvgIpc) is 2.28. The number of carbonyl (C=O) groups is 1. The Morgan fingerprint density at radius 2 is 1.94 bits per heavy atom. The number of nitrogens with zero attached hydrogens (tertiary/aromatic N) is 1. The van der Waals surface area contributed by atoms with Crippen molar-refractivity contribution in [2.45, 2.75) is 32.2 Å². The molecule has 2 heterocycles. The van der Waals surface area contributed by atoms with Crippen molar-refractivity contribution in [1.82, 2.24) is 10.2 Å². The molecule has 0 aliphatic carbocycles. The van der Waals surface area contributed by atoms with Gasteiger partial charge >= 0.3 is 0 Å². The SMILES string of the molecule is CC1CN(C(=O)C2CNCCO2)CC(C)O1.Cl. The van der Waals surface area contributed by atoms with Gasteiger partial charge in [0.15, 0.2) is 0 Å². The number of hydrogen-bond donors (Lipinski definition) is 1. The maximum Gasteiger partial charge on any atom is 0.253 e. The molecule has 17 heavy (non-hydrogen) atoms. The lowest BCUT2D eigenvalue weighted by Crippen LogP contribution is -2.55. The third kappa shape index (κ3) is 3.81. The van der Waals surface area contributed by atoms with E-state index in [1.165, 1.54) is 0 Å². The summed E-state index contributed by atoms with van der Waals surface area (Å²) in [7, 11) is 0. The molecule has 6 heteroatoms. The molecule has 3 unspecified atom stereocenters. The van der Waals surface area contributed by atoms with Gasteiger partial charge in [0, 0.05) is 26.2 Å². The number of halogens is 1. The topological polar surface area (TPSA) is 50.8 Å². The highest BCUT2D eigenvalue weighted by Gasteiger charge is 2.31. The summed E-state index contributed by atoms with van der Waals surface area (Å²) in [5, 5.41) is 3.17. The van der Waals surface area contributed by atoms with Crippen molar-refractivity contribution in [3.63, 3.8) is 0 Å². The number of carbonyl (C=O) groups excluding carboxylic acids is 1. The van der Waals surface area contributed by atoms with Crippen LogP contribution in [0.5, 0.6) is 0 Å². The highest BCUT2D eigenvalue weighted by atomic mass is 35.5. The Labute approximate surface area is 108 Å². The standard InChI is InChI=1S/C11H20N2O3.ClH/c1-8-6-13(7-9(2)16-8)11(14)10-5-12-3-4-15-10;/h8-10,12H,3-7H2,1-2H3;1H. The van der Waals surface area contributed by atoms with Crippen LogP contribution in [0.25, 0.3) is 0 Å². The number of amides is 1. The fourth-order valence-corrected chi connectivity index (χ4v) is 2.29. The molecule has 0 radical (unpaired) electrons. The van der Waals surface area contributed by atoms with E-state index < -0.39 is 0 Å². The summed E-state index contributed by atoms with van der Waals surface area (Å²) in [6.07, 6.45) is -0.0836. The summed E-state index contributed by atoms with van der Waals surface area (Å²) in [5.74, 6) is 0.0919.